The van der Waals surface area contributed by atoms with Crippen molar-refractivity contribution in [2.24, 2.45) is 0 Å². The molecule has 0 aromatic rings. The molecule has 0 aliphatic heterocycles. The fourth-order valence-electron chi connectivity index (χ4n) is 1.84. The monoisotopic (exact) mass is 281 g/mol. The van der Waals surface area contributed by atoms with Gasteiger partial charge < -0.3 is 19.5 Å². The molecule has 0 fully saturated rings. The highest BCUT2D eigenvalue weighted by Gasteiger charge is 2.40. The van der Waals surface area contributed by atoms with E-state index in [1.807, 2.05) is 6.92 Å². The number of carbonyl (C=O) groups excluding carboxylic acids is 2. The maximum atomic E-state index is 11.9. The van der Waals surface area contributed by atoms with Gasteiger partial charge in [0, 0.05) is 18.8 Å². The van der Waals surface area contributed by atoms with Crippen LogP contribution in [0.2, 0.25) is 0 Å². The van der Waals surface area contributed by atoms with E-state index >= 15 is 0 Å². The first-order valence-corrected chi connectivity index (χ1v) is 5.87. The number of nitrogens with zero attached hydrogens (tertiary/aromatic N) is 1. The number of ketones is 1. The molecular weight excluding hydrogens is 258 g/mol. The summed E-state index contributed by atoms with van der Waals surface area (Å²) >= 11 is 0. The Kier molecular flexibility index (Phi) is 8.43. The Morgan fingerprint density at radius 3 is 2.11 bits per heavy atom. The largest absolute Gasteiger partial charge is 0.550 e. The van der Waals surface area contributed by atoms with E-state index in [1.54, 1.807) is 21.1 Å². The van der Waals surface area contributed by atoms with E-state index in [2.05, 4.69) is 0 Å². The Bertz CT molecular complexity index is 288. The number of rotatable bonds is 8. The van der Waals surface area contributed by atoms with Crippen molar-refractivity contribution in [3.8, 4) is 0 Å². The van der Waals surface area contributed by atoms with E-state index < -0.39 is 23.8 Å². The van der Waals surface area contributed by atoms with Gasteiger partial charge in [-0.2, -0.15) is 0 Å². The zero-order valence-corrected chi connectivity index (χ0v) is 12.4. The molecule has 0 unspecified atom stereocenters. The molecule has 0 aromatic carbocycles. The number of carboxylic acids is 1. The summed E-state index contributed by atoms with van der Waals surface area (Å²) in [7, 11) is 5.40. The molecule has 0 aromatic heterocycles. The summed E-state index contributed by atoms with van der Waals surface area (Å²) < 4.78 is 0.321. The zero-order chi connectivity index (χ0) is 13.7. The van der Waals surface area contributed by atoms with Gasteiger partial charge in [-0.05, 0) is 6.42 Å². The van der Waals surface area contributed by atoms with E-state index in [9.17, 15) is 19.8 Å². The molecule has 0 radical (unpaired) electrons. The van der Waals surface area contributed by atoms with E-state index in [0.717, 1.165) is 6.42 Å². The van der Waals surface area contributed by atoms with E-state index in [-0.39, 0.29) is 25.4 Å². The Balaban J connectivity index is 0. The minimum absolute atomic E-state index is 0. The summed E-state index contributed by atoms with van der Waals surface area (Å²) in [6.07, 6.45) is 1.06. The maximum absolute atomic E-state index is 11.9. The van der Waals surface area contributed by atoms with Crippen molar-refractivity contribution in [3.05, 3.63) is 0 Å². The van der Waals surface area contributed by atoms with Crippen LogP contribution in [0.4, 0.5) is 0 Å². The normalized spacial score (nSPS) is 14.5. The standard InChI is InChI=1S/C12H23NO4.ClH/c1-5-6-7-10(14)12(17,8-11(15)16)9-13(2,3)4;/h17H,5-9H2,1-4H3;1H/t12-;/m1./s1. The lowest BCUT2D eigenvalue weighted by molar-refractivity contribution is -0.875. The third-order valence-corrected chi connectivity index (χ3v) is 2.45. The molecule has 1 N–H and O–H groups in total. The predicted molar refractivity (Wildman–Crippen MR) is 69.3 cm³/mol. The molecule has 0 heterocycles. The van der Waals surface area contributed by atoms with Crippen LogP contribution in [-0.2, 0) is 9.59 Å². The van der Waals surface area contributed by atoms with Crippen LogP contribution in [-0.4, -0.2) is 54.6 Å². The van der Waals surface area contributed by atoms with Gasteiger partial charge in [0.15, 0.2) is 11.4 Å². The van der Waals surface area contributed by atoms with Crippen molar-refractivity contribution in [1.82, 2.24) is 0 Å². The zero-order valence-electron chi connectivity index (χ0n) is 11.6. The number of aliphatic carboxylic acids is 1. The Morgan fingerprint density at radius 2 is 1.78 bits per heavy atom. The molecule has 0 rings (SSSR count). The molecule has 0 aliphatic carbocycles. The van der Waals surface area contributed by atoms with E-state index in [4.69, 9.17) is 0 Å². The molecule has 0 saturated carbocycles. The number of unbranched alkanes of at least 4 members (excludes halogenated alkanes) is 1. The van der Waals surface area contributed by atoms with Crippen molar-refractivity contribution in [1.29, 1.82) is 0 Å². The van der Waals surface area contributed by atoms with Crippen LogP contribution in [0.5, 0.6) is 0 Å². The first-order valence-electron chi connectivity index (χ1n) is 5.87. The van der Waals surface area contributed by atoms with Gasteiger partial charge in [0.05, 0.1) is 21.1 Å². The highest BCUT2D eigenvalue weighted by Crippen LogP contribution is 2.18. The van der Waals surface area contributed by atoms with Gasteiger partial charge in [0.2, 0.25) is 0 Å². The van der Waals surface area contributed by atoms with Gasteiger partial charge >= 0.3 is 0 Å². The summed E-state index contributed by atoms with van der Waals surface area (Å²) in [4.78, 5) is 22.5. The molecule has 108 valence electrons. The van der Waals surface area contributed by atoms with Crippen molar-refractivity contribution >= 4 is 24.2 Å². The summed E-state index contributed by atoms with van der Waals surface area (Å²) in [6.45, 7) is 2.01. The second kappa shape index (κ2) is 7.71. The summed E-state index contributed by atoms with van der Waals surface area (Å²) in [5, 5.41) is 20.9. The molecule has 5 nitrogen and oxygen atoms in total. The molecule has 0 amide bonds. The number of quaternary nitrogens is 1. The Morgan fingerprint density at radius 1 is 1.28 bits per heavy atom. The van der Waals surface area contributed by atoms with Crippen molar-refractivity contribution < 1.29 is 24.3 Å². The van der Waals surface area contributed by atoms with Crippen LogP contribution in [0, 0.1) is 0 Å². The number of carbonyl (C=O) groups is 2. The fraction of sp³-hybridized carbons (Fsp3) is 0.833. The number of hydrogen-bond donors (Lipinski definition) is 1. The molecule has 0 aliphatic rings. The second-order valence-corrected chi connectivity index (χ2v) is 5.56. The number of halogens is 1. The van der Waals surface area contributed by atoms with E-state index in [0.29, 0.717) is 10.9 Å². The van der Waals surface area contributed by atoms with Crippen LogP contribution in [0.25, 0.3) is 0 Å². The molecular formula is C12H24ClNO4. The Labute approximate surface area is 115 Å². The van der Waals surface area contributed by atoms with Crippen LogP contribution in [0.15, 0.2) is 0 Å². The van der Waals surface area contributed by atoms with Crippen LogP contribution in [0.1, 0.15) is 32.6 Å². The Hall–Kier alpha value is -0.650. The first-order chi connectivity index (χ1) is 7.60. The number of hydrogen-bond acceptors (Lipinski definition) is 4. The van der Waals surface area contributed by atoms with Gasteiger partial charge in [0.1, 0.15) is 6.54 Å². The molecule has 6 heteroatoms. The molecule has 0 spiro atoms. The topological polar surface area (TPSA) is 77.4 Å². The highest BCUT2D eigenvalue weighted by molar-refractivity contribution is 5.90. The third-order valence-electron chi connectivity index (χ3n) is 2.45. The SMILES string of the molecule is CCCCC(=O)[C@@](O)(CC(=O)[O-])C[N+](C)(C)C.Cl. The third kappa shape index (κ3) is 7.63. The molecule has 0 bridgehead atoms. The number of carboxylic acid groups (broad SMARTS) is 1. The maximum Gasteiger partial charge on any atom is 0.177 e. The lowest BCUT2D eigenvalue weighted by Gasteiger charge is -2.34. The fourth-order valence-corrected chi connectivity index (χ4v) is 1.84. The number of likely N-dealkylation sites (N-methyl/N-ethyl adjacent to an activating group) is 1. The number of aliphatic hydroxyl groups is 1. The van der Waals surface area contributed by atoms with E-state index in [1.165, 1.54) is 0 Å². The van der Waals surface area contributed by atoms with Crippen LogP contribution >= 0.6 is 12.4 Å². The average molecular weight is 282 g/mol. The minimum atomic E-state index is -1.81. The molecule has 1 atom stereocenters. The molecule has 18 heavy (non-hydrogen) atoms. The predicted octanol–water partition coefficient (Wildman–Crippen LogP) is -0.255. The second-order valence-electron chi connectivity index (χ2n) is 5.56. The van der Waals surface area contributed by atoms with Crippen molar-refractivity contribution in [2.75, 3.05) is 27.7 Å². The van der Waals surface area contributed by atoms with Gasteiger partial charge in [0.25, 0.3) is 0 Å². The average Bonchev–Trinajstić information content (AvgIpc) is 2.09. The minimum Gasteiger partial charge on any atom is -0.550 e. The molecule has 0 saturated heterocycles. The first kappa shape index (κ1) is 19.7. The van der Waals surface area contributed by atoms with Crippen LogP contribution in [0.3, 0.4) is 0 Å². The van der Waals surface area contributed by atoms with Crippen LogP contribution < -0.4 is 5.11 Å². The van der Waals surface area contributed by atoms with Gasteiger partial charge in [-0.15, -0.1) is 12.4 Å². The van der Waals surface area contributed by atoms with Gasteiger partial charge in [-0.25, -0.2) is 0 Å². The lowest BCUT2D eigenvalue weighted by atomic mass is 9.90. The van der Waals surface area contributed by atoms with Crippen molar-refractivity contribution in [2.45, 2.75) is 38.2 Å². The summed E-state index contributed by atoms with van der Waals surface area (Å²) in [6, 6.07) is 0. The quantitative estimate of drug-likeness (QED) is 0.622. The van der Waals surface area contributed by atoms with Gasteiger partial charge in [-0.1, -0.05) is 13.3 Å². The number of Topliss-reactive ketones (excluding diaryl/α,β-unsaturated/α-hetero) is 1. The van der Waals surface area contributed by atoms with Gasteiger partial charge in [-0.3, -0.25) is 4.79 Å². The lowest BCUT2D eigenvalue weighted by Crippen LogP contribution is -2.56. The summed E-state index contributed by atoms with van der Waals surface area (Å²) in [5.74, 6) is -1.80. The highest BCUT2D eigenvalue weighted by atomic mass is 35.5. The smallest absolute Gasteiger partial charge is 0.177 e. The summed E-state index contributed by atoms with van der Waals surface area (Å²) in [5.41, 5.74) is -1.81. The van der Waals surface area contributed by atoms with Crippen molar-refractivity contribution in [3.63, 3.8) is 0 Å².